The Bertz CT molecular complexity index is 558. The highest BCUT2D eigenvalue weighted by molar-refractivity contribution is 8.00. The Morgan fingerprint density at radius 3 is 2.65 bits per heavy atom. The molecule has 7 heteroatoms. The smallest absolute Gasteiger partial charge is 0.233 e. The molecule has 0 unspecified atom stereocenters. The van der Waals surface area contributed by atoms with Crippen LogP contribution in [0.3, 0.4) is 0 Å². The largest absolute Gasteiger partial charge is 0.349 e. The van der Waals surface area contributed by atoms with Gasteiger partial charge in [0.25, 0.3) is 0 Å². The minimum atomic E-state index is -0.300. The van der Waals surface area contributed by atoms with E-state index in [1.54, 1.807) is 19.1 Å². The molecule has 20 heavy (non-hydrogen) atoms. The lowest BCUT2D eigenvalue weighted by atomic mass is 10.1. The second-order valence-electron chi connectivity index (χ2n) is 4.33. The fourth-order valence-corrected chi connectivity index (χ4v) is 2.36. The average Bonchev–Trinajstić information content (AvgIpc) is 2.92. The maximum Gasteiger partial charge on any atom is 0.233 e. The highest BCUT2D eigenvalue weighted by Crippen LogP contribution is 2.20. The Kier molecular flexibility index (Phi) is 4.73. The summed E-state index contributed by atoms with van der Waals surface area (Å²) in [5.41, 5.74) is 0.858. The topological polar surface area (TPSA) is 70.7 Å². The van der Waals surface area contributed by atoms with E-state index in [2.05, 4.69) is 20.5 Å². The van der Waals surface area contributed by atoms with Crippen molar-refractivity contribution in [2.45, 2.75) is 30.3 Å². The number of carbonyl (C=O) groups excluding carboxylic acids is 1. The third kappa shape index (κ3) is 3.80. The molecule has 2 rings (SSSR count). The number of halogens is 1. The molecule has 5 nitrogen and oxygen atoms in total. The number of carbonyl (C=O) groups is 1. The Labute approximate surface area is 120 Å². The van der Waals surface area contributed by atoms with Gasteiger partial charge in [-0.2, -0.15) is 5.10 Å². The van der Waals surface area contributed by atoms with E-state index in [9.17, 15) is 9.18 Å². The Morgan fingerprint density at radius 1 is 1.35 bits per heavy atom. The number of aromatic amines is 1. The number of hydrogen-bond donors (Lipinski definition) is 2. The fraction of sp³-hybridized carbons (Fsp3) is 0.308. The van der Waals surface area contributed by atoms with E-state index < -0.39 is 0 Å². The highest BCUT2D eigenvalue weighted by atomic mass is 32.2. The van der Waals surface area contributed by atoms with E-state index in [4.69, 9.17) is 0 Å². The summed E-state index contributed by atoms with van der Waals surface area (Å²) in [6, 6.07) is 5.90. The SMILES string of the molecule is C[C@H](Sc1ncn[nH]1)C(=O)N[C@H](C)c1ccc(F)cc1. The average molecular weight is 294 g/mol. The van der Waals surface area contributed by atoms with Crippen molar-refractivity contribution in [1.29, 1.82) is 0 Å². The van der Waals surface area contributed by atoms with Crippen molar-refractivity contribution in [3.8, 4) is 0 Å². The van der Waals surface area contributed by atoms with Gasteiger partial charge in [0.05, 0.1) is 11.3 Å². The van der Waals surface area contributed by atoms with Gasteiger partial charge in [-0.3, -0.25) is 9.89 Å². The van der Waals surface area contributed by atoms with Gasteiger partial charge in [-0.1, -0.05) is 23.9 Å². The van der Waals surface area contributed by atoms with Crippen molar-refractivity contribution in [2.75, 3.05) is 0 Å². The lowest BCUT2D eigenvalue weighted by molar-refractivity contribution is -0.120. The highest BCUT2D eigenvalue weighted by Gasteiger charge is 2.18. The van der Waals surface area contributed by atoms with Gasteiger partial charge in [0.1, 0.15) is 12.1 Å². The lowest BCUT2D eigenvalue weighted by Gasteiger charge is -2.17. The Balaban J connectivity index is 1.91. The van der Waals surface area contributed by atoms with Crippen molar-refractivity contribution < 1.29 is 9.18 Å². The fourth-order valence-electron chi connectivity index (χ4n) is 1.64. The van der Waals surface area contributed by atoms with Crippen molar-refractivity contribution >= 4 is 17.7 Å². The van der Waals surface area contributed by atoms with Gasteiger partial charge >= 0.3 is 0 Å². The summed E-state index contributed by atoms with van der Waals surface area (Å²) in [7, 11) is 0. The summed E-state index contributed by atoms with van der Waals surface area (Å²) >= 11 is 1.30. The minimum absolute atomic E-state index is 0.108. The number of hydrogen-bond acceptors (Lipinski definition) is 4. The molecule has 0 aliphatic carbocycles. The zero-order valence-electron chi connectivity index (χ0n) is 11.1. The molecule has 0 bridgehead atoms. The van der Waals surface area contributed by atoms with E-state index in [1.807, 2.05) is 6.92 Å². The van der Waals surface area contributed by atoms with Crippen LogP contribution in [-0.4, -0.2) is 26.3 Å². The molecule has 1 aromatic heterocycles. The van der Waals surface area contributed by atoms with Gasteiger partial charge in [0.15, 0.2) is 5.16 Å². The van der Waals surface area contributed by atoms with Crippen LogP contribution in [0.25, 0.3) is 0 Å². The summed E-state index contributed by atoms with van der Waals surface area (Å²) in [6.07, 6.45) is 1.40. The third-order valence-corrected chi connectivity index (χ3v) is 3.77. The number of amides is 1. The van der Waals surface area contributed by atoms with Crippen LogP contribution in [0.5, 0.6) is 0 Å². The van der Waals surface area contributed by atoms with Crippen LogP contribution in [0.15, 0.2) is 35.7 Å². The predicted octanol–water partition coefficient (Wildman–Crippen LogP) is 2.30. The van der Waals surface area contributed by atoms with Gasteiger partial charge < -0.3 is 5.32 Å². The lowest BCUT2D eigenvalue weighted by Crippen LogP contribution is -2.33. The number of nitrogens with one attached hydrogen (secondary N) is 2. The van der Waals surface area contributed by atoms with E-state index in [1.165, 1.54) is 30.2 Å². The van der Waals surface area contributed by atoms with Crippen LogP contribution in [0.4, 0.5) is 4.39 Å². The first-order chi connectivity index (χ1) is 9.56. The van der Waals surface area contributed by atoms with Crippen molar-refractivity contribution in [1.82, 2.24) is 20.5 Å². The van der Waals surface area contributed by atoms with E-state index in [0.29, 0.717) is 5.16 Å². The first-order valence-electron chi connectivity index (χ1n) is 6.14. The first kappa shape index (κ1) is 14.5. The van der Waals surface area contributed by atoms with E-state index in [-0.39, 0.29) is 23.0 Å². The number of benzene rings is 1. The van der Waals surface area contributed by atoms with Crippen molar-refractivity contribution in [3.63, 3.8) is 0 Å². The second-order valence-corrected chi connectivity index (χ2v) is 5.66. The monoisotopic (exact) mass is 294 g/mol. The zero-order chi connectivity index (χ0) is 14.5. The van der Waals surface area contributed by atoms with Crippen LogP contribution in [-0.2, 0) is 4.79 Å². The van der Waals surface area contributed by atoms with E-state index in [0.717, 1.165) is 5.56 Å². The van der Waals surface area contributed by atoms with Crippen LogP contribution in [0.1, 0.15) is 25.5 Å². The van der Waals surface area contributed by atoms with Crippen LogP contribution in [0, 0.1) is 5.82 Å². The standard InChI is InChI=1S/C13H15FN4OS/c1-8(10-3-5-11(14)6-4-10)17-12(19)9(2)20-13-15-7-16-18-13/h3-9H,1-2H3,(H,17,19)(H,15,16,18)/t8-,9+/m1/s1. The number of rotatable bonds is 5. The van der Waals surface area contributed by atoms with Crippen molar-refractivity contribution in [2.24, 2.45) is 0 Å². The number of aromatic nitrogens is 3. The number of H-pyrrole nitrogens is 1. The summed E-state index contributed by atoms with van der Waals surface area (Å²) < 4.78 is 12.8. The zero-order valence-corrected chi connectivity index (χ0v) is 11.9. The molecule has 2 atom stereocenters. The van der Waals surface area contributed by atoms with Crippen LogP contribution in [0.2, 0.25) is 0 Å². The molecule has 0 radical (unpaired) electrons. The van der Waals surface area contributed by atoms with Crippen molar-refractivity contribution in [3.05, 3.63) is 42.0 Å². The first-order valence-corrected chi connectivity index (χ1v) is 7.02. The van der Waals surface area contributed by atoms with Gasteiger partial charge in [-0.15, -0.1) is 0 Å². The molecule has 0 aliphatic heterocycles. The van der Waals surface area contributed by atoms with Crippen LogP contribution < -0.4 is 5.32 Å². The van der Waals surface area contributed by atoms with Gasteiger partial charge in [-0.25, -0.2) is 9.37 Å². The number of thioether (sulfide) groups is 1. The molecule has 2 N–H and O–H groups in total. The maximum absolute atomic E-state index is 12.8. The van der Waals surface area contributed by atoms with Gasteiger partial charge in [-0.05, 0) is 31.5 Å². The molecule has 0 saturated carbocycles. The molecule has 0 fully saturated rings. The van der Waals surface area contributed by atoms with E-state index >= 15 is 0 Å². The number of nitrogens with zero attached hydrogens (tertiary/aromatic N) is 2. The molecule has 1 heterocycles. The normalized spacial score (nSPS) is 13.8. The summed E-state index contributed by atoms with van der Waals surface area (Å²) in [5, 5.41) is 9.60. The Hall–Kier alpha value is -1.89. The molecule has 0 aliphatic rings. The molecule has 0 saturated heterocycles. The molecule has 1 aromatic carbocycles. The quantitative estimate of drug-likeness (QED) is 0.830. The summed E-state index contributed by atoms with van der Waals surface area (Å²) in [4.78, 5) is 16.0. The molecular weight excluding hydrogens is 279 g/mol. The molecule has 106 valence electrons. The predicted molar refractivity (Wildman–Crippen MR) is 74.7 cm³/mol. The van der Waals surface area contributed by atoms with Crippen LogP contribution >= 0.6 is 11.8 Å². The second kappa shape index (κ2) is 6.51. The summed E-state index contributed by atoms with van der Waals surface area (Å²) in [6.45, 7) is 3.65. The molecule has 0 spiro atoms. The van der Waals surface area contributed by atoms with Gasteiger partial charge in [0, 0.05) is 0 Å². The summed E-state index contributed by atoms with van der Waals surface area (Å²) in [5.74, 6) is -0.398. The molecule has 2 aromatic rings. The third-order valence-electron chi connectivity index (χ3n) is 2.78. The molecule has 1 amide bonds. The maximum atomic E-state index is 12.8. The molecular formula is C13H15FN4OS. The van der Waals surface area contributed by atoms with Gasteiger partial charge in [0.2, 0.25) is 5.91 Å². The Morgan fingerprint density at radius 2 is 2.05 bits per heavy atom. The minimum Gasteiger partial charge on any atom is -0.349 e.